The predicted octanol–water partition coefficient (Wildman–Crippen LogP) is 2.47. The van der Waals surface area contributed by atoms with Gasteiger partial charge in [-0.25, -0.2) is 9.37 Å². The van der Waals surface area contributed by atoms with E-state index in [-0.39, 0.29) is 18.1 Å². The van der Waals surface area contributed by atoms with E-state index in [2.05, 4.69) is 10.3 Å². The molecule has 1 aromatic heterocycles. The van der Waals surface area contributed by atoms with Crippen molar-refractivity contribution in [2.24, 2.45) is 5.73 Å². The number of amides is 1. The summed E-state index contributed by atoms with van der Waals surface area (Å²) in [6.07, 6.45) is 2.57. The molecule has 0 radical (unpaired) electrons. The largest absolute Gasteiger partial charge is 0.330 e. The van der Waals surface area contributed by atoms with Gasteiger partial charge in [0.15, 0.2) is 5.13 Å². The summed E-state index contributed by atoms with van der Waals surface area (Å²) in [5.41, 5.74) is 6.82. The van der Waals surface area contributed by atoms with Crippen molar-refractivity contribution in [1.29, 1.82) is 0 Å². The number of thiazole rings is 1. The Hall–Kier alpha value is -1.79. The molecule has 1 amide bonds. The van der Waals surface area contributed by atoms with E-state index in [0.29, 0.717) is 23.7 Å². The highest BCUT2D eigenvalue weighted by atomic mass is 32.1. The van der Waals surface area contributed by atoms with E-state index < -0.39 is 0 Å². The number of benzene rings is 1. The zero-order valence-electron chi connectivity index (χ0n) is 11.1. The van der Waals surface area contributed by atoms with E-state index >= 15 is 0 Å². The van der Waals surface area contributed by atoms with Crippen molar-refractivity contribution in [2.75, 3.05) is 11.9 Å². The highest BCUT2D eigenvalue weighted by Gasteiger charge is 2.07. The molecule has 1 heterocycles. The smallest absolute Gasteiger partial charge is 0.227 e. The quantitative estimate of drug-likeness (QED) is 0.890. The standard InChI is InChI=1S/C14H16FN3OS/c1-9-2-3-10(7-12(9)15)6-11-8-17-14(20-11)18-13(19)4-5-16/h2-3,7-8H,4-6,16H2,1H3,(H,17,18,19). The average Bonchev–Trinajstić information content (AvgIpc) is 2.81. The average molecular weight is 293 g/mol. The van der Waals surface area contributed by atoms with Crippen LogP contribution in [0.2, 0.25) is 0 Å². The fourth-order valence-electron chi connectivity index (χ4n) is 1.71. The Morgan fingerprint density at radius 1 is 1.50 bits per heavy atom. The van der Waals surface area contributed by atoms with Crippen LogP contribution in [0.3, 0.4) is 0 Å². The summed E-state index contributed by atoms with van der Waals surface area (Å²) in [4.78, 5) is 16.5. The van der Waals surface area contributed by atoms with Crippen LogP contribution in [0.1, 0.15) is 22.4 Å². The highest BCUT2D eigenvalue weighted by molar-refractivity contribution is 7.15. The fraction of sp³-hybridized carbons (Fsp3) is 0.286. The van der Waals surface area contributed by atoms with E-state index in [1.807, 2.05) is 6.07 Å². The lowest BCUT2D eigenvalue weighted by atomic mass is 10.1. The molecule has 3 N–H and O–H groups in total. The molecule has 0 saturated carbocycles. The van der Waals surface area contributed by atoms with Gasteiger partial charge in [-0.05, 0) is 24.1 Å². The van der Waals surface area contributed by atoms with Gasteiger partial charge in [-0.3, -0.25) is 4.79 Å². The van der Waals surface area contributed by atoms with Gasteiger partial charge in [-0.15, -0.1) is 11.3 Å². The molecular formula is C14H16FN3OS. The molecule has 0 spiro atoms. The number of rotatable bonds is 5. The van der Waals surface area contributed by atoms with E-state index in [1.165, 1.54) is 17.4 Å². The van der Waals surface area contributed by atoms with Gasteiger partial charge in [0.1, 0.15) is 5.82 Å². The molecule has 0 aliphatic heterocycles. The number of carbonyl (C=O) groups is 1. The molecule has 106 valence electrons. The molecule has 0 unspecified atom stereocenters. The van der Waals surface area contributed by atoms with Crippen LogP contribution >= 0.6 is 11.3 Å². The molecule has 2 aromatic rings. The molecule has 0 saturated heterocycles. The van der Waals surface area contributed by atoms with Gasteiger partial charge in [0.25, 0.3) is 0 Å². The summed E-state index contributed by atoms with van der Waals surface area (Å²) >= 11 is 1.39. The van der Waals surface area contributed by atoms with Gasteiger partial charge in [-0.2, -0.15) is 0 Å². The third-order valence-electron chi connectivity index (χ3n) is 2.79. The lowest BCUT2D eigenvalue weighted by molar-refractivity contribution is -0.116. The minimum atomic E-state index is -0.205. The Balaban J connectivity index is 2.02. The van der Waals surface area contributed by atoms with Gasteiger partial charge >= 0.3 is 0 Å². The predicted molar refractivity (Wildman–Crippen MR) is 78.4 cm³/mol. The number of anilines is 1. The van der Waals surface area contributed by atoms with Crippen LogP contribution < -0.4 is 11.1 Å². The van der Waals surface area contributed by atoms with Crippen molar-refractivity contribution in [2.45, 2.75) is 19.8 Å². The molecule has 0 aliphatic rings. The van der Waals surface area contributed by atoms with E-state index in [4.69, 9.17) is 5.73 Å². The molecule has 20 heavy (non-hydrogen) atoms. The number of aromatic nitrogens is 1. The second kappa shape index (κ2) is 6.58. The van der Waals surface area contributed by atoms with Crippen LogP contribution in [-0.2, 0) is 11.2 Å². The summed E-state index contributed by atoms with van der Waals surface area (Å²) in [6, 6.07) is 5.18. The van der Waals surface area contributed by atoms with Gasteiger partial charge < -0.3 is 11.1 Å². The van der Waals surface area contributed by atoms with E-state index in [1.54, 1.807) is 19.2 Å². The molecule has 0 aliphatic carbocycles. The summed E-state index contributed by atoms with van der Waals surface area (Å²) in [6.45, 7) is 2.05. The third kappa shape index (κ3) is 3.85. The summed E-state index contributed by atoms with van der Waals surface area (Å²) in [5.74, 6) is -0.349. The van der Waals surface area contributed by atoms with Crippen molar-refractivity contribution in [3.8, 4) is 0 Å². The molecule has 4 nitrogen and oxygen atoms in total. The number of aryl methyl sites for hydroxylation is 1. The number of hydrogen-bond donors (Lipinski definition) is 2. The monoisotopic (exact) mass is 293 g/mol. The Morgan fingerprint density at radius 2 is 2.30 bits per heavy atom. The maximum absolute atomic E-state index is 13.5. The van der Waals surface area contributed by atoms with Crippen molar-refractivity contribution in [3.05, 3.63) is 46.2 Å². The van der Waals surface area contributed by atoms with Crippen molar-refractivity contribution in [3.63, 3.8) is 0 Å². The van der Waals surface area contributed by atoms with Gasteiger partial charge in [0.2, 0.25) is 5.91 Å². The van der Waals surface area contributed by atoms with Crippen LogP contribution in [0, 0.1) is 12.7 Å². The first kappa shape index (κ1) is 14.6. The normalized spacial score (nSPS) is 10.6. The Bertz CT molecular complexity index is 612. The topological polar surface area (TPSA) is 68.0 Å². The SMILES string of the molecule is Cc1ccc(Cc2cnc(NC(=O)CCN)s2)cc1F. The van der Waals surface area contributed by atoms with Crippen LogP contribution in [0.15, 0.2) is 24.4 Å². The zero-order valence-corrected chi connectivity index (χ0v) is 12.0. The molecule has 0 fully saturated rings. The molecule has 2 rings (SSSR count). The van der Waals surface area contributed by atoms with Crippen LogP contribution in [-0.4, -0.2) is 17.4 Å². The van der Waals surface area contributed by atoms with E-state index in [0.717, 1.165) is 10.4 Å². The Kier molecular flexibility index (Phi) is 4.81. The van der Waals surface area contributed by atoms with Crippen molar-refractivity contribution < 1.29 is 9.18 Å². The lowest BCUT2D eigenvalue weighted by Crippen LogP contribution is -2.15. The molecule has 0 atom stereocenters. The van der Waals surface area contributed by atoms with Gasteiger partial charge in [-0.1, -0.05) is 12.1 Å². The van der Waals surface area contributed by atoms with Gasteiger partial charge in [0.05, 0.1) is 0 Å². The number of nitrogens with zero attached hydrogens (tertiary/aromatic N) is 1. The van der Waals surface area contributed by atoms with E-state index in [9.17, 15) is 9.18 Å². The molecule has 1 aromatic carbocycles. The summed E-state index contributed by atoms with van der Waals surface area (Å²) in [5, 5.41) is 3.23. The number of hydrogen-bond acceptors (Lipinski definition) is 4. The summed E-state index contributed by atoms with van der Waals surface area (Å²) in [7, 11) is 0. The third-order valence-corrected chi connectivity index (χ3v) is 3.70. The van der Waals surface area contributed by atoms with Crippen molar-refractivity contribution in [1.82, 2.24) is 4.98 Å². The lowest BCUT2D eigenvalue weighted by Gasteiger charge is -2.01. The maximum atomic E-state index is 13.5. The first-order valence-corrected chi connectivity index (χ1v) is 7.10. The van der Waals surface area contributed by atoms with Crippen LogP contribution in [0.25, 0.3) is 0 Å². The fourth-order valence-corrected chi connectivity index (χ4v) is 2.57. The first-order valence-electron chi connectivity index (χ1n) is 6.28. The highest BCUT2D eigenvalue weighted by Crippen LogP contribution is 2.22. The minimum absolute atomic E-state index is 0.144. The second-order valence-electron chi connectivity index (χ2n) is 4.48. The second-order valence-corrected chi connectivity index (χ2v) is 5.59. The zero-order chi connectivity index (χ0) is 14.5. The molecular weight excluding hydrogens is 277 g/mol. The van der Waals surface area contributed by atoms with Crippen LogP contribution in [0.4, 0.5) is 9.52 Å². The maximum Gasteiger partial charge on any atom is 0.227 e. The van der Waals surface area contributed by atoms with Crippen molar-refractivity contribution >= 4 is 22.4 Å². The van der Waals surface area contributed by atoms with Gasteiger partial charge in [0, 0.05) is 30.5 Å². The number of carbonyl (C=O) groups excluding carboxylic acids is 1. The molecule has 0 bridgehead atoms. The Morgan fingerprint density at radius 3 is 3.00 bits per heavy atom. The summed E-state index contributed by atoms with van der Waals surface area (Å²) < 4.78 is 13.5. The Labute approximate surface area is 120 Å². The number of halogens is 1. The van der Waals surface area contributed by atoms with Crippen LogP contribution in [0.5, 0.6) is 0 Å². The minimum Gasteiger partial charge on any atom is -0.330 e. The number of nitrogens with two attached hydrogens (primary N) is 1. The molecule has 6 heteroatoms. The first-order chi connectivity index (χ1) is 9.58. The number of nitrogens with one attached hydrogen (secondary N) is 1.